The Morgan fingerprint density at radius 1 is 0.923 bits per heavy atom. The van der Waals surface area contributed by atoms with E-state index in [1.165, 1.54) is 44.2 Å². The molecule has 0 fully saturated rings. The number of nitrogens with one attached hydrogen (secondary N) is 1. The fourth-order valence-electron chi connectivity index (χ4n) is 3.98. The van der Waals surface area contributed by atoms with Crippen LogP contribution < -0.4 is 19.5 Å². The van der Waals surface area contributed by atoms with E-state index in [4.69, 9.17) is 14.2 Å². The van der Waals surface area contributed by atoms with Crippen molar-refractivity contribution in [3.63, 3.8) is 0 Å². The lowest BCUT2D eigenvalue weighted by molar-refractivity contribution is -0.137. The summed E-state index contributed by atoms with van der Waals surface area (Å²) in [5, 5.41) is 7.23. The fraction of sp³-hybridized carbons (Fsp3) is 0.259. The molecule has 2 heterocycles. The summed E-state index contributed by atoms with van der Waals surface area (Å²) in [6.45, 7) is 1.56. The molecule has 0 atom stereocenters. The van der Waals surface area contributed by atoms with Gasteiger partial charge >= 0.3 is 6.18 Å². The number of hydrogen-bond acceptors (Lipinski definition) is 6. The van der Waals surface area contributed by atoms with Crippen molar-refractivity contribution in [3.05, 3.63) is 72.1 Å². The average molecular weight is 549 g/mol. The number of nitrogens with zero attached hydrogens (tertiary/aromatic N) is 3. The van der Waals surface area contributed by atoms with Crippen LogP contribution in [0.15, 0.2) is 60.9 Å². The van der Waals surface area contributed by atoms with E-state index in [1.807, 2.05) is 0 Å². The standard InChI is InChI=1S/C27H25F5N4O3/c1-5-6-8-26(28,29)17-10-16(11-18(12-17)27(30,31)32)20-15-33-36-9-7-23(35-25(20)36)34-19-13-21(37-2)24(39-4)22(14-19)38-3/h5-7,9-15H,8H2,1-4H3,(H,34,35)/b6-5-. The van der Waals surface area contributed by atoms with Gasteiger partial charge in [0, 0.05) is 41.6 Å². The molecule has 0 unspecified atom stereocenters. The maximum Gasteiger partial charge on any atom is 0.416 e. The van der Waals surface area contributed by atoms with Gasteiger partial charge in [-0.25, -0.2) is 18.3 Å². The minimum Gasteiger partial charge on any atom is -0.493 e. The molecule has 4 rings (SSSR count). The molecule has 0 spiro atoms. The SMILES string of the molecule is C/C=C\CC(F)(F)c1cc(-c2cnn3ccc(Nc4cc(OC)c(OC)c(OC)c4)nc23)cc(C(F)(F)F)c1. The molecular formula is C27H25F5N4O3. The molecule has 2 aromatic carbocycles. The number of fused-ring (bicyclic) bond motifs is 1. The first kappa shape index (κ1) is 27.7. The normalized spacial score (nSPS) is 12.2. The lowest BCUT2D eigenvalue weighted by Crippen LogP contribution is -2.15. The predicted molar refractivity (Wildman–Crippen MR) is 136 cm³/mol. The van der Waals surface area contributed by atoms with Gasteiger partial charge in [0.15, 0.2) is 17.1 Å². The van der Waals surface area contributed by atoms with Crippen LogP contribution in [0.25, 0.3) is 16.8 Å². The average Bonchev–Trinajstić information content (AvgIpc) is 3.34. The van der Waals surface area contributed by atoms with Crippen molar-refractivity contribution in [2.24, 2.45) is 0 Å². The molecule has 7 nitrogen and oxygen atoms in total. The topological polar surface area (TPSA) is 69.9 Å². The van der Waals surface area contributed by atoms with E-state index in [2.05, 4.69) is 15.4 Å². The second-order valence-electron chi connectivity index (χ2n) is 8.45. The Hall–Kier alpha value is -4.35. The lowest BCUT2D eigenvalue weighted by Gasteiger charge is -2.18. The maximum absolute atomic E-state index is 14.8. The Balaban J connectivity index is 1.80. The largest absolute Gasteiger partial charge is 0.493 e. The summed E-state index contributed by atoms with van der Waals surface area (Å²) in [6, 6.07) is 7.22. The zero-order valence-corrected chi connectivity index (χ0v) is 21.4. The van der Waals surface area contributed by atoms with Crippen molar-refractivity contribution >= 4 is 17.2 Å². The highest BCUT2D eigenvalue weighted by Gasteiger charge is 2.36. The van der Waals surface area contributed by atoms with Crippen molar-refractivity contribution in [3.8, 4) is 28.4 Å². The van der Waals surface area contributed by atoms with E-state index < -0.39 is 29.6 Å². The molecule has 4 aromatic rings. The van der Waals surface area contributed by atoms with Crippen LogP contribution in [-0.4, -0.2) is 35.9 Å². The summed E-state index contributed by atoms with van der Waals surface area (Å²) in [6.07, 6.45) is -0.120. The molecule has 0 aliphatic carbocycles. The predicted octanol–water partition coefficient (Wildman–Crippen LogP) is 7.24. The Bertz CT molecular complexity index is 1490. The van der Waals surface area contributed by atoms with Gasteiger partial charge in [0.25, 0.3) is 5.92 Å². The van der Waals surface area contributed by atoms with E-state index in [9.17, 15) is 22.0 Å². The number of methoxy groups -OCH3 is 3. The summed E-state index contributed by atoms with van der Waals surface area (Å²) in [5.74, 6) is -2.04. The van der Waals surface area contributed by atoms with E-state index >= 15 is 0 Å². The third kappa shape index (κ3) is 5.74. The monoisotopic (exact) mass is 548 g/mol. The van der Waals surface area contributed by atoms with Crippen LogP contribution in [0.2, 0.25) is 0 Å². The summed E-state index contributed by atoms with van der Waals surface area (Å²) in [7, 11) is 4.41. The number of halogens is 5. The van der Waals surface area contributed by atoms with E-state index in [-0.39, 0.29) is 16.8 Å². The highest BCUT2D eigenvalue weighted by molar-refractivity contribution is 5.79. The van der Waals surface area contributed by atoms with Crippen molar-refractivity contribution in [1.29, 1.82) is 0 Å². The molecule has 2 aromatic heterocycles. The van der Waals surface area contributed by atoms with E-state index in [0.29, 0.717) is 34.8 Å². The fourth-order valence-corrected chi connectivity index (χ4v) is 3.98. The molecule has 0 amide bonds. The zero-order chi connectivity index (χ0) is 28.4. The second kappa shape index (κ2) is 10.8. The van der Waals surface area contributed by atoms with Crippen LogP contribution in [0.5, 0.6) is 17.2 Å². The van der Waals surface area contributed by atoms with Crippen LogP contribution in [-0.2, 0) is 12.1 Å². The molecule has 1 N–H and O–H groups in total. The number of ether oxygens (including phenoxy) is 3. The minimum atomic E-state index is -4.84. The Labute approximate surface area is 220 Å². The molecule has 12 heteroatoms. The first-order valence-corrected chi connectivity index (χ1v) is 11.6. The van der Waals surface area contributed by atoms with Crippen LogP contribution >= 0.6 is 0 Å². The van der Waals surface area contributed by atoms with E-state index in [0.717, 1.165) is 12.1 Å². The number of aromatic nitrogens is 3. The smallest absolute Gasteiger partial charge is 0.416 e. The Kier molecular flexibility index (Phi) is 7.66. The molecule has 0 radical (unpaired) electrons. The van der Waals surface area contributed by atoms with Crippen molar-refractivity contribution in [2.75, 3.05) is 26.6 Å². The molecule has 39 heavy (non-hydrogen) atoms. The van der Waals surface area contributed by atoms with Gasteiger partial charge in [-0.1, -0.05) is 12.2 Å². The van der Waals surface area contributed by atoms with Gasteiger partial charge in [0.2, 0.25) is 5.75 Å². The first-order valence-electron chi connectivity index (χ1n) is 11.6. The molecule has 0 aliphatic heterocycles. The van der Waals surface area contributed by atoms with Crippen molar-refractivity contribution in [2.45, 2.75) is 25.4 Å². The minimum absolute atomic E-state index is 0.0904. The lowest BCUT2D eigenvalue weighted by atomic mass is 9.96. The zero-order valence-electron chi connectivity index (χ0n) is 21.4. The molecule has 0 saturated carbocycles. The molecule has 0 aliphatic rings. The number of rotatable bonds is 9. The molecular weight excluding hydrogens is 523 g/mol. The third-order valence-electron chi connectivity index (χ3n) is 5.91. The first-order chi connectivity index (χ1) is 18.5. The maximum atomic E-state index is 14.8. The number of hydrogen-bond donors (Lipinski definition) is 1. The van der Waals surface area contributed by atoms with E-state index in [1.54, 1.807) is 31.3 Å². The van der Waals surface area contributed by atoms with Gasteiger partial charge in [0.1, 0.15) is 5.82 Å². The summed E-state index contributed by atoms with van der Waals surface area (Å²) in [5.41, 5.74) is -1.20. The number of alkyl halides is 5. The highest BCUT2D eigenvalue weighted by atomic mass is 19.4. The Morgan fingerprint density at radius 3 is 2.18 bits per heavy atom. The molecule has 0 saturated heterocycles. The molecule has 0 bridgehead atoms. The van der Waals surface area contributed by atoms with Crippen molar-refractivity contribution < 1.29 is 36.2 Å². The molecule has 206 valence electrons. The summed E-state index contributed by atoms with van der Waals surface area (Å²) >= 11 is 0. The van der Waals surface area contributed by atoms with Crippen LogP contribution in [0.3, 0.4) is 0 Å². The van der Waals surface area contributed by atoms with Gasteiger partial charge in [-0.2, -0.15) is 18.3 Å². The summed E-state index contributed by atoms with van der Waals surface area (Å²) < 4.78 is 88.1. The summed E-state index contributed by atoms with van der Waals surface area (Å²) in [4.78, 5) is 4.49. The van der Waals surface area contributed by atoms with Crippen LogP contribution in [0, 0.1) is 0 Å². The van der Waals surface area contributed by atoms with Crippen LogP contribution in [0.1, 0.15) is 24.5 Å². The number of benzene rings is 2. The van der Waals surface area contributed by atoms with Gasteiger partial charge in [-0.05, 0) is 36.8 Å². The van der Waals surface area contributed by atoms with Crippen LogP contribution in [0.4, 0.5) is 33.5 Å². The van der Waals surface area contributed by atoms with Gasteiger partial charge in [-0.15, -0.1) is 0 Å². The van der Waals surface area contributed by atoms with Crippen molar-refractivity contribution in [1.82, 2.24) is 14.6 Å². The second-order valence-corrected chi connectivity index (χ2v) is 8.45. The number of anilines is 2. The van der Waals surface area contributed by atoms with Gasteiger partial charge in [-0.3, -0.25) is 0 Å². The number of allylic oxidation sites excluding steroid dienone is 2. The van der Waals surface area contributed by atoms with Gasteiger partial charge < -0.3 is 19.5 Å². The van der Waals surface area contributed by atoms with Gasteiger partial charge in [0.05, 0.1) is 33.1 Å². The third-order valence-corrected chi connectivity index (χ3v) is 5.91. The Morgan fingerprint density at radius 2 is 1.59 bits per heavy atom. The highest BCUT2D eigenvalue weighted by Crippen LogP contribution is 2.42. The quantitative estimate of drug-likeness (QED) is 0.176.